The van der Waals surface area contributed by atoms with E-state index >= 15 is 0 Å². The fourth-order valence-corrected chi connectivity index (χ4v) is 2.32. The highest BCUT2D eigenvalue weighted by atomic mass is 16.2. The maximum absolute atomic E-state index is 12.2. The Labute approximate surface area is 116 Å². The molecular weight excluding hydrogens is 254 g/mol. The van der Waals surface area contributed by atoms with Crippen LogP contribution in [0.25, 0.3) is 10.9 Å². The summed E-state index contributed by atoms with van der Waals surface area (Å²) < 4.78 is 0. The van der Waals surface area contributed by atoms with Crippen molar-refractivity contribution in [2.24, 2.45) is 0 Å². The molecule has 0 aliphatic carbocycles. The van der Waals surface area contributed by atoms with Crippen LogP contribution in [0.2, 0.25) is 0 Å². The summed E-state index contributed by atoms with van der Waals surface area (Å²) >= 11 is 0. The van der Waals surface area contributed by atoms with Crippen molar-refractivity contribution in [1.29, 1.82) is 0 Å². The Balaban J connectivity index is 1.75. The van der Waals surface area contributed by atoms with Crippen LogP contribution in [-0.4, -0.2) is 41.3 Å². The van der Waals surface area contributed by atoms with E-state index in [2.05, 4.69) is 10.3 Å². The summed E-state index contributed by atoms with van der Waals surface area (Å²) in [5.74, 6) is -0.154. The zero-order chi connectivity index (χ0) is 13.9. The Kier molecular flexibility index (Phi) is 3.33. The van der Waals surface area contributed by atoms with Crippen molar-refractivity contribution in [3.8, 4) is 0 Å². The molecule has 2 aromatic rings. The zero-order valence-electron chi connectivity index (χ0n) is 11.0. The molecule has 0 unspecified atom stereocenters. The summed E-state index contributed by atoms with van der Waals surface area (Å²) in [7, 11) is 0. The Morgan fingerprint density at radius 3 is 2.95 bits per heavy atom. The average Bonchev–Trinajstić information content (AvgIpc) is 2.47. The second kappa shape index (κ2) is 5.28. The molecule has 5 heteroatoms. The lowest BCUT2D eigenvalue weighted by Gasteiger charge is -2.26. The van der Waals surface area contributed by atoms with Gasteiger partial charge in [0.25, 0.3) is 0 Å². The lowest BCUT2D eigenvalue weighted by Crippen LogP contribution is -2.50. The van der Waals surface area contributed by atoms with Crippen molar-refractivity contribution in [2.75, 3.05) is 19.6 Å². The Morgan fingerprint density at radius 1 is 1.25 bits per heavy atom. The molecule has 3 rings (SSSR count). The average molecular weight is 269 g/mol. The smallest absolute Gasteiger partial charge is 0.239 e. The van der Waals surface area contributed by atoms with E-state index in [0.29, 0.717) is 13.1 Å². The molecule has 1 aliphatic rings. The molecule has 1 aromatic heterocycles. The number of fused-ring (bicyclic) bond motifs is 1. The maximum atomic E-state index is 12.2. The van der Waals surface area contributed by atoms with Gasteiger partial charge in [-0.15, -0.1) is 0 Å². The van der Waals surface area contributed by atoms with Crippen molar-refractivity contribution in [2.45, 2.75) is 6.42 Å². The van der Waals surface area contributed by atoms with Crippen molar-refractivity contribution >= 4 is 22.7 Å². The fraction of sp³-hybridized carbons (Fsp3) is 0.267. The monoisotopic (exact) mass is 269 g/mol. The third kappa shape index (κ3) is 2.61. The van der Waals surface area contributed by atoms with Gasteiger partial charge in [-0.05, 0) is 12.1 Å². The maximum Gasteiger partial charge on any atom is 0.239 e. The molecule has 0 bridgehead atoms. The highest BCUT2D eigenvalue weighted by molar-refractivity contribution is 5.87. The number of rotatable bonds is 2. The van der Waals surface area contributed by atoms with E-state index in [1.54, 1.807) is 4.90 Å². The topological polar surface area (TPSA) is 62.3 Å². The van der Waals surface area contributed by atoms with E-state index < -0.39 is 0 Å². The normalized spacial score (nSPS) is 15.2. The molecule has 102 valence electrons. The molecule has 1 N–H and O–H groups in total. The molecule has 0 atom stereocenters. The molecule has 1 aliphatic heterocycles. The third-order valence-electron chi connectivity index (χ3n) is 3.38. The van der Waals surface area contributed by atoms with Gasteiger partial charge in [0.2, 0.25) is 11.8 Å². The summed E-state index contributed by atoms with van der Waals surface area (Å²) in [6, 6.07) is 11.6. The van der Waals surface area contributed by atoms with Gasteiger partial charge in [-0.2, -0.15) is 0 Å². The summed E-state index contributed by atoms with van der Waals surface area (Å²) in [4.78, 5) is 29.5. The van der Waals surface area contributed by atoms with Gasteiger partial charge in [0.05, 0.1) is 24.2 Å². The minimum Gasteiger partial charge on any atom is -0.353 e. The van der Waals surface area contributed by atoms with E-state index in [9.17, 15) is 9.59 Å². The molecular formula is C15H15N3O2. The third-order valence-corrected chi connectivity index (χ3v) is 3.38. The second-order valence-electron chi connectivity index (χ2n) is 4.84. The summed E-state index contributed by atoms with van der Waals surface area (Å²) in [5.41, 5.74) is 1.62. The Morgan fingerprint density at radius 2 is 2.10 bits per heavy atom. The Hall–Kier alpha value is -2.43. The number of pyridine rings is 1. The van der Waals surface area contributed by atoms with E-state index in [1.165, 1.54) is 0 Å². The fourth-order valence-electron chi connectivity index (χ4n) is 2.32. The van der Waals surface area contributed by atoms with Crippen LogP contribution < -0.4 is 5.32 Å². The molecule has 1 saturated heterocycles. The number of hydrogen-bond acceptors (Lipinski definition) is 3. The predicted molar refractivity (Wildman–Crippen MR) is 75.0 cm³/mol. The number of aromatic nitrogens is 1. The molecule has 2 amide bonds. The first-order valence-electron chi connectivity index (χ1n) is 6.61. The molecule has 0 spiro atoms. The summed E-state index contributed by atoms with van der Waals surface area (Å²) in [6.07, 6.45) is 0.234. The lowest BCUT2D eigenvalue weighted by molar-refractivity contribution is -0.137. The molecule has 20 heavy (non-hydrogen) atoms. The van der Waals surface area contributed by atoms with Crippen molar-refractivity contribution in [1.82, 2.24) is 15.2 Å². The lowest BCUT2D eigenvalue weighted by atomic mass is 10.1. The van der Waals surface area contributed by atoms with E-state index in [4.69, 9.17) is 0 Å². The van der Waals surface area contributed by atoms with Crippen LogP contribution in [0.5, 0.6) is 0 Å². The number of benzene rings is 1. The standard InChI is InChI=1S/C15H15N3O2/c19-14-10-18(8-7-16-14)15(20)9-12-6-5-11-3-1-2-4-13(11)17-12/h1-6H,7-10H2,(H,16,19). The van der Waals surface area contributed by atoms with Gasteiger partial charge in [0.15, 0.2) is 0 Å². The van der Waals surface area contributed by atoms with Crippen LogP contribution in [0.3, 0.4) is 0 Å². The van der Waals surface area contributed by atoms with Gasteiger partial charge < -0.3 is 10.2 Å². The first-order chi connectivity index (χ1) is 9.72. The van der Waals surface area contributed by atoms with Crippen LogP contribution in [0.4, 0.5) is 0 Å². The first-order valence-corrected chi connectivity index (χ1v) is 6.61. The number of piperazine rings is 1. The van der Waals surface area contributed by atoms with E-state index in [0.717, 1.165) is 16.6 Å². The van der Waals surface area contributed by atoms with E-state index in [1.807, 2.05) is 36.4 Å². The van der Waals surface area contributed by atoms with Crippen LogP contribution in [0, 0.1) is 0 Å². The number of nitrogens with zero attached hydrogens (tertiary/aromatic N) is 2. The largest absolute Gasteiger partial charge is 0.353 e. The SMILES string of the molecule is O=C1CN(C(=O)Cc2ccc3ccccc3n2)CCN1. The van der Waals surface area contributed by atoms with Gasteiger partial charge in [-0.25, -0.2) is 0 Å². The van der Waals surface area contributed by atoms with Crippen LogP contribution >= 0.6 is 0 Å². The summed E-state index contributed by atoms with van der Waals surface area (Å²) in [6.45, 7) is 1.24. The van der Waals surface area contributed by atoms with Crippen LogP contribution in [-0.2, 0) is 16.0 Å². The molecule has 2 heterocycles. The molecule has 5 nitrogen and oxygen atoms in total. The molecule has 0 radical (unpaired) electrons. The van der Waals surface area contributed by atoms with Crippen molar-refractivity contribution in [3.05, 3.63) is 42.1 Å². The van der Waals surface area contributed by atoms with Gasteiger partial charge in [-0.1, -0.05) is 24.3 Å². The number of carbonyl (C=O) groups is 2. The predicted octanol–water partition coefficient (Wildman–Crippen LogP) is 0.736. The zero-order valence-corrected chi connectivity index (χ0v) is 11.0. The number of para-hydroxylation sites is 1. The number of amides is 2. The molecule has 1 aromatic carbocycles. The number of nitrogens with one attached hydrogen (secondary N) is 1. The van der Waals surface area contributed by atoms with Gasteiger partial charge in [-0.3, -0.25) is 14.6 Å². The number of hydrogen-bond donors (Lipinski definition) is 1. The van der Waals surface area contributed by atoms with Gasteiger partial charge >= 0.3 is 0 Å². The van der Waals surface area contributed by atoms with E-state index in [-0.39, 0.29) is 24.8 Å². The second-order valence-corrected chi connectivity index (χ2v) is 4.84. The van der Waals surface area contributed by atoms with Gasteiger partial charge in [0, 0.05) is 18.5 Å². The number of carbonyl (C=O) groups excluding carboxylic acids is 2. The Bertz CT molecular complexity index is 669. The van der Waals surface area contributed by atoms with Crippen LogP contribution in [0.15, 0.2) is 36.4 Å². The van der Waals surface area contributed by atoms with Crippen LogP contribution in [0.1, 0.15) is 5.69 Å². The first kappa shape index (κ1) is 12.6. The molecule has 0 saturated carbocycles. The quantitative estimate of drug-likeness (QED) is 0.874. The highest BCUT2D eigenvalue weighted by Gasteiger charge is 2.21. The highest BCUT2D eigenvalue weighted by Crippen LogP contribution is 2.12. The minimum absolute atomic E-state index is 0.0531. The van der Waals surface area contributed by atoms with Gasteiger partial charge in [0.1, 0.15) is 0 Å². The molecule has 1 fully saturated rings. The summed E-state index contributed by atoms with van der Waals surface area (Å²) in [5, 5.41) is 3.76. The van der Waals surface area contributed by atoms with Crippen molar-refractivity contribution < 1.29 is 9.59 Å². The van der Waals surface area contributed by atoms with Crippen molar-refractivity contribution in [3.63, 3.8) is 0 Å². The minimum atomic E-state index is -0.101.